The van der Waals surface area contributed by atoms with Crippen molar-refractivity contribution < 1.29 is 0 Å². The Kier molecular flexibility index (Phi) is 2.61. The minimum atomic E-state index is 0.375. The number of nitrogens with zero attached hydrogens (tertiary/aromatic N) is 2. The largest absolute Gasteiger partial charge is 0.245 e. The second-order valence-corrected chi connectivity index (χ2v) is 3.11. The van der Waals surface area contributed by atoms with Gasteiger partial charge in [0.05, 0.1) is 18.2 Å². The number of halogens is 1. The molecule has 0 bridgehead atoms. The van der Waals surface area contributed by atoms with Crippen LogP contribution in [0.1, 0.15) is 11.3 Å². The van der Waals surface area contributed by atoms with E-state index >= 15 is 0 Å². The first-order chi connectivity index (χ1) is 5.22. The monoisotopic (exact) mass is 210 g/mol. The molecule has 0 spiro atoms. The molecule has 0 aliphatic rings. The van der Waals surface area contributed by atoms with Gasteiger partial charge in [0.1, 0.15) is 4.60 Å². The smallest absolute Gasteiger partial charge is 0.106 e. The molecule has 0 atom stereocenters. The summed E-state index contributed by atoms with van der Waals surface area (Å²) in [6.45, 7) is 1.98. The quantitative estimate of drug-likeness (QED) is 0.667. The van der Waals surface area contributed by atoms with E-state index < -0.39 is 0 Å². The normalized spacial score (nSPS) is 9.18. The summed E-state index contributed by atoms with van der Waals surface area (Å²) >= 11 is 3.26. The third-order valence-corrected chi connectivity index (χ3v) is 1.66. The van der Waals surface area contributed by atoms with E-state index in [1.54, 1.807) is 0 Å². The molecule has 0 aliphatic carbocycles. The van der Waals surface area contributed by atoms with Crippen molar-refractivity contribution in [3.63, 3.8) is 0 Å². The molecule has 1 aromatic rings. The van der Waals surface area contributed by atoms with Crippen molar-refractivity contribution in [2.75, 3.05) is 0 Å². The van der Waals surface area contributed by atoms with Gasteiger partial charge < -0.3 is 0 Å². The summed E-state index contributed by atoms with van der Waals surface area (Å²) in [5.74, 6) is 0. The Labute approximate surface area is 74.0 Å². The molecule has 2 nitrogen and oxygen atoms in total. The lowest BCUT2D eigenvalue weighted by Gasteiger charge is -1.97. The molecular weight excluding hydrogens is 204 g/mol. The molecule has 1 heterocycles. The van der Waals surface area contributed by atoms with Crippen molar-refractivity contribution in [3.05, 3.63) is 28.0 Å². The Bertz CT molecular complexity index is 281. The number of aromatic nitrogens is 1. The van der Waals surface area contributed by atoms with Crippen molar-refractivity contribution in [2.24, 2.45) is 0 Å². The average Bonchev–Trinajstić information content (AvgIpc) is 1.85. The highest BCUT2D eigenvalue weighted by atomic mass is 79.9. The van der Waals surface area contributed by atoms with Gasteiger partial charge in [0.25, 0.3) is 0 Å². The Morgan fingerprint density at radius 1 is 1.64 bits per heavy atom. The van der Waals surface area contributed by atoms with Gasteiger partial charge in [-0.1, -0.05) is 0 Å². The van der Waals surface area contributed by atoms with Gasteiger partial charge in [0, 0.05) is 0 Å². The summed E-state index contributed by atoms with van der Waals surface area (Å²) in [5, 5.41) is 8.40. The van der Waals surface area contributed by atoms with Gasteiger partial charge in [-0.3, -0.25) is 0 Å². The van der Waals surface area contributed by atoms with Crippen LogP contribution in [0.2, 0.25) is 0 Å². The molecule has 0 fully saturated rings. The first-order valence-corrected chi connectivity index (χ1v) is 4.01. The highest BCUT2D eigenvalue weighted by Gasteiger charge is 1.96. The van der Waals surface area contributed by atoms with Crippen molar-refractivity contribution >= 4 is 15.9 Å². The molecule has 0 N–H and O–H groups in total. The van der Waals surface area contributed by atoms with E-state index in [0.717, 1.165) is 15.9 Å². The molecule has 11 heavy (non-hydrogen) atoms. The second-order valence-electron chi connectivity index (χ2n) is 2.29. The molecule has 0 saturated carbocycles. The molecule has 3 heteroatoms. The number of aryl methyl sites for hydroxylation is 1. The first kappa shape index (κ1) is 8.22. The maximum atomic E-state index is 8.40. The standard InChI is InChI=1S/C8H7BrN2/c1-6-4-7(2-3-10)11-8(9)5-6/h4-5H,2H2,1H3. The van der Waals surface area contributed by atoms with Crippen molar-refractivity contribution in [1.29, 1.82) is 5.26 Å². The van der Waals surface area contributed by atoms with Gasteiger partial charge >= 0.3 is 0 Å². The summed E-state index contributed by atoms with van der Waals surface area (Å²) < 4.78 is 0.794. The maximum Gasteiger partial charge on any atom is 0.106 e. The number of hydrogen-bond donors (Lipinski definition) is 0. The predicted molar refractivity (Wildman–Crippen MR) is 46.0 cm³/mol. The molecule has 56 valence electrons. The lowest BCUT2D eigenvalue weighted by Crippen LogP contribution is -1.89. The zero-order valence-corrected chi connectivity index (χ0v) is 7.72. The number of hydrogen-bond acceptors (Lipinski definition) is 2. The van der Waals surface area contributed by atoms with E-state index in [2.05, 4.69) is 27.0 Å². The SMILES string of the molecule is Cc1cc(Br)nc(CC#N)c1. The fourth-order valence-electron chi connectivity index (χ4n) is 0.866. The van der Waals surface area contributed by atoms with Gasteiger partial charge in [0.15, 0.2) is 0 Å². The van der Waals surface area contributed by atoms with Gasteiger partial charge in [-0.05, 0) is 40.5 Å². The minimum absolute atomic E-state index is 0.375. The summed E-state index contributed by atoms with van der Waals surface area (Å²) in [7, 11) is 0. The van der Waals surface area contributed by atoms with E-state index in [9.17, 15) is 0 Å². The minimum Gasteiger partial charge on any atom is -0.245 e. The molecule has 0 saturated heterocycles. The zero-order chi connectivity index (χ0) is 8.27. The number of pyridine rings is 1. The van der Waals surface area contributed by atoms with Gasteiger partial charge in [-0.15, -0.1) is 0 Å². The van der Waals surface area contributed by atoms with Crippen LogP contribution in [0.4, 0.5) is 0 Å². The van der Waals surface area contributed by atoms with Gasteiger partial charge in [-0.25, -0.2) is 4.98 Å². The molecule has 0 radical (unpaired) electrons. The lowest BCUT2D eigenvalue weighted by molar-refractivity contribution is 1.08. The van der Waals surface area contributed by atoms with E-state index in [4.69, 9.17) is 5.26 Å². The third kappa shape index (κ3) is 2.32. The van der Waals surface area contributed by atoms with Crippen LogP contribution in [-0.4, -0.2) is 4.98 Å². The number of nitriles is 1. The van der Waals surface area contributed by atoms with Crippen molar-refractivity contribution in [3.8, 4) is 6.07 Å². The highest BCUT2D eigenvalue weighted by Crippen LogP contribution is 2.10. The molecule has 1 rings (SSSR count). The average molecular weight is 211 g/mol. The van der Waals surface area contributed by atoms with Gasteiger partial charge in [-0.2, -0.15) is 5.26 Å². The number of rotatable bonds is 1. The van der Waals surface area contributed by atoms with E-state index in [0.29, 0.717) is 6.42 Å². The fourth-order valence-corrected chi connectivity index (χ4v) is 1.45. The predicted octanol–water partition coefficient (Wildman–Crippen LogP) is 2.22. The summed E-state index contributed by atoms with van der Waals surface area (Å²) in [5.41, 5.74) is 1.94. The second kappa shape index (κ2) is 3.49. The lowest BCUT2D eigenvalue weighted by atomic mass is 10.2. The first-order valence-electron chi connectivity index (χ1n) is 3.22. The highest BCUT2D eigenvalue weighted by molar-refractivity contribution is 9.10. The molecule has 1 aromatic heterocycles. The van der Waals surface area contributed by atoms with Crippen molar-refractivity contribution in [1.82, 2.24) is 4.98 Å². The molecule has 0 unspecified atom stereocenters. The molecular formula is C8H7BrN2. The van der Waals surface area contributed by atoms with Crippen LogP contribution < -0.4 is 0 Å². The van der Waals surface area contributed by atoms with Crippen LogP contribution >= 0.6 is 15.9 Å². The molecule has 0 aliphatic heterocycles. The fraction of sp³-hybridized carbons (Fsp3) is 0.250. The van der Waals surface area contributed by atoms with Gasteiger partial charge in [0.2, 0.25) is 0 Å². The van der Waals surface area contributed by atoms with Crippen LogP contribution in [0.5, 0.6) is 0 Å². The third-order valence-electron chi connectivity index (χ3n) is 1.25. The molecule has 0 aromatic carbocycles. The summed E-state index contributed by atoms with van der Waals surface area (Å²) in [6, 6.07) is 5.88. The summed E-state index contributed by atoms with van der Waals surface area (Å²) in [4.78, 5) is 4.12. The van der Waals surface area contributed by atoms with E-state index in [1.807, 2.05) is 19.1 Å². The van der Waals surface area contributed by atoms with Crippen molar-refractivity contribution in [2.45, 2.75) is 13.3 Å². The summed E-state index contributed by atoms with van der Waals surface area (Å²) in [6.07, 6.45) is 0.375. The van der Waals surface area contributed by atoms with Crippen LogP contribution in [0.3, 0.4) is 0 Å². The maximum absolute atomic E-state index is 8.40. The van der Waals surface area contributed by atoms with E-state index in [-0.39, 0.29) is 0 Å². The topological polar surface area (TPSA) is 36.7 Å². The Morgan fingerprint density at radius 2 is 2.36 bits per heavy atom. The zero-order valence-electron chi connectivity index (χ0n) is 6.13. The van der Waals surface area contributed by atoms with Crippen LogP contribution in [-0.2, 0) is 6.42 Å². The Morgan fingerprint density at radius 3 is 2.91 bits per heavy atom. The van der Waals surface area contributed by atoms with Crippen LogP contribution in [0.15, 0.2) is 16.7 Å². The molecule has 0 amide bonds. The van der Waals surface area contributed by atoms with Crippen LogP contribution in [0, 0.1) is 18.3 Å². The van der Waals surface area contributed by atoms with E-state index in [1.165, 1.54) is 0 Å². The Balaban J connectivity index is 3.01. The Hall–Kier alpha value is -0.880. The van der Waals surface area contributed by atoms with Crippen LogP contribution in [0.25, 0.3) is 0 Å².